The minimum atomic E-state index is -0.0909. The van der Waals surface area contributed by atoms with Crippen LogP contribution in [0.3, 0.4) is 0 Å². The van der Waals surface area contributed by atoms with Crippen LogP contribution in [0.1, 0.15) is 94.2 Å². The number of aryl methyl sites for hydroxylation is 1. The maximum absolute atomic E-state index is 13.3. The molecule has 2 N–H and O–H groups in total. The standard InChI is InChI=1S/C39H41N3O2/c1-24(2)30-9-8-10-31(21-30)26(4)40-38(43)32-17-20-37-36(22-32)25(3)27(5)42(37)23-28-13-15-29(16-14-28)34-11-6-7-12-35(34)39(44)41-33-18-19-33/h6-17,20-22,24,26,33H,18-19,23H2,1-5H3,(H,40,43)(H,41,44). The zero-order chi connectivity index (χ0) is 31.0. The van der Waals surface area contributed by atoms with E-state index in [2.05, 4.69) is 97.5 Å². The fourth-order valence-electron chi connectivity index (χ4n) is 5.94. The fourth-order valence-corrected chi connectivity index (χ4v) is 5.94. The number of benzene rings is 4. The highest BCUT2D eigenvalue weighted by atomic mass is 16.2. The second-order valence-electron chi connectivity index (χ2n) is 12.5. The van der Waals surface area contributed by atoms with Crippen molar-refractivity contribution in [2.45, 2.75) is 72.0 Å². The molecule has 0 spiro atoms. The first-order valence-corrected chi connectivity index (χ1v) is 15.7. The van der Waals surface area contributed by atoms with E-state index < -0.39 is 0 Å². The lowest BCUT2D eigenvalue weighted by molar-refractivity contribution is 0.0935. The first-order valence-electron chi connectivity index (χ1n) is 15.7. The molecule has 1 unspecified atom stereocenters. The molecular weight excluding hydrogens is 542 g/mol. The predicted octanol–water partition coefficient (Wildman–Crippen LogP) is 8.48. The van der Waals surface area contributed by atoms with E-state index in [9.17, 15) is 9.59 Å². The molecule has 44 heavy (non-hydrogen) atoms. The molecule has 1 heterocycles. The summed E-state index contributed by atoms with van der Waals surface area (Å²) in [5, 5.41) is 7.40. The molecule has 0 bridgehead atoms. The van der Waals surface area contributed by atoms with Crippen LogP contribution in [-0.4, -0.2) is 22.4 Å². The SMILES string of the molecule is Cc1c(C)n(Cc2ccc(-c3ccccc3C(=O)NC3CC3)cc2)c2ccc(C(=O)NC(C)c3cccc(C(C)C)c3)cc12. The maximum Gasteiger partial charge on any atom is 0.252 e. The van der Waals surface area contributed by atoms with Gasteiger partial charge in [0, 0.05) is 40.3 Å². The van der Waals surface area contributed by atoms with Crippen LogP contribution >= 0.6 is 0 Å². The molecule has 4 aromatic carbocycles. The normalized spacial score (nSPS) is 13.7. The third-order valence-electron chi connectivity index (χ3n) is 9.02. The number of nitrogens with zero attached hydrogens (tertiary/aromatic N) is 1. The Labute approximate surface area is 260 Å². The van der Waals surface area contributed by atoms with Crippen molar-refractivity contribution in [2.75, 3.05) is 0 Å². The van der Waals surface area contributed by atoms with Gasteiger partial charge in [0.15, 0.2) is 0 Å². The highest BCUT2D eigenvalue weighted by molar-refractivity contribution is 6.01. The molecular formula is C39H41N3O2. The zero-order valence-corrected chi connectivity index (χ0v) is 26.3. The zero-order valence-electron chi connectivity index (χ0n) is 26.3. The summed E-state index contributed by atoms with van der Waals surface area (Å²) in [5.74, 6) is 0.371. The lowest BCUT2D eigenvalue weighted by Crippen LogP contribution is -2.26. The molecule has 5 heteroatoms. The van der Waals surface area contributed by atoms with Crippen molar-refractivity contribution in [1.29, 1.82) is 0 Å². The van der Waals surface area contributed by atoms with Crippen LogP contribution in [0.5, 0.6) is 0 Å². The molecule has 5 nitrogen and oxygen atoms in total. The van der Waals surface area contributed by atoms with Crippen molar-refractivity contribution >= 4 is 22.7 Å². The van der Waals surface area contributed by atoms with Crippen LogP contribution in [0.25, 0.3) is 22.0 Å². The molecule has 1 aliphatic rings. The summed E-state index contributed by atoms with van der Waals surface area (Å²) in [5.41, 5.74) is 10.4. The highest BCUT2D eigenvalue weighted by Crippen LogP contribution is 2.30. The summed E-state index contributed by atoms with van der Waals surface area (Å²) in [4.78, 5) is 26.2. The predicted molar refractivity (Wildman–Crippen MR) is 179 cm³/mol. The Morgan fingerprint density at radius 3 is 2.27 bits per heavy atom. The van der Waals surface area contributed by atoms with E-state index in [0.717, 1.165) is 47.0 Å². The minimum Gasteiger partial charge on any atom is -0.349 e. The number of amides is 2. The molecule has 1 saturated carbocycles. The van der Waals surface area contributed by atoms with Crippen LogP contribution in [0.2, 0.25) is 0 Å². The number of carbonyl (C=O) groups excluding carboxylic acids is 2. The van der Waals surface area contributed by atoms with Gasteiger partial charge in [-0.1, -0.05) is 80.6 Å². The number of fused-ring (bicyclic) bond motifs is 1. The molecule has 6 rings (SSSR count). The molecule has 1 atom stereocenters. The lowest BCUT2D eigenvalue weighted by Gasteiger charge is -2.16. The van der Waals surface area contributed by atoms with Crippen molar-refractivity contribution < 1.29 is 9.59 Å². The van der Waals surface area contributed by atoms with Crippen LogP contribution in [0, 0.1) is 13.8 Å². The van der Waals surface area contributed by atoms with Crippen molar-refractivity contribution in [2.24, 2.45) is 0 Å². The Morgan fingerprint density at radius 1 is 0.818 bits per heavy atom. The largest absolute Gasteiger partial charge is 0.349 e. The minimum absolute atomic E-state index is 0.0000684. The topological polar surface area (TPSA) is 63.1 Å². The van der Waals surface area contributed by atoms with Gasteiger partial charge >= 0.3 is 0 Å². The second-order valence-corrected chi connectivity index (χ2v) is 12.5. The van der Waals surface area contributed by atoms with E-state index >= 15 is 0 Å². The van der Waals surface area contributed by atoms with E-state index in [1.807, 2.05) is 43.3 Å². The van der Waals surface area contributed by atoms with Crippen LogP contribution < -0.4 is 10.6 Å². The van der Waals surface area contributed by atoms with Crippen molar-refractivity contribution in [3.63, 3.8) is 0 Å². The van der Waals surface area contributed by atoms with Gasteiger partial charge in [0.2, 0.25) is 0 Å². The van der Waals surface area contributed by atoms with Crippen molar-refractivity contribution in [3.8, 4) is 11.1 Å². The van der Waals surface area contributed by atoms with Crippen LogP contribution in [-0.2, 0) is 6.54 Å². The Morgan fingerprint density at radius 2 is 1.55 bits per heavy atom. The number of carbonyl (C=O) groups is 2. The quantitative estimate of drug-likeness (QED) is 0.183. The van der Waals surface area contributed by atoms with E-state index in [4.69, 9.17) is 0 Å². The van der Waals surface area contributed by atoms with E-state index in [-0.39, 0.29) is 17.9 Å². The fraction of sp³-hybridized carbons (Fsp3) is 0.282. The molecule has 0 radical (unpaired) electrons. The summed E-state index contributed by atoms with van der Waals surface area (Å²) in [7, 11) is 0. The lowest BCUT2D eigenvalue weighted by atomic mass is 9.98. The molecule has 2 amide bonds. The average Bonchev–Trinajstić information content (AvgIpc) is 3.83. The van der Waals surface area contributed by atoms with Gasteiger partial charge < -0.3 is 15.2 Å². The Kier molecular flexibility index (Phi) is 8.13. The Bertz CT molecular complexity index is 1840. The van der Waals surface area contributed by atoms with Crippen molar-refractivity contribution in [3.05, 3.63) is 130 Å². The smallest absolute Gasteiger partial charge is 0.252 e. The summed E-state index contributed by atoms with van der Waals surface area (Å²) >= 11 is 0. The van der Waals surface area contributed by atoms with E-state index in [1.165, 1.54) is 22.4 Å². The van der Waals surface area contributed by atoms with Crippen molar-refractivity contribution in [1.82, 2.24) is 15.2 Å². The van der Waals surface area contributed by atoms with E-state index in [1.54, 1.807) is 0 Å². The van der Waals surface area contributed by atoms with Gasteiger partial charge in [0.05, 0.1) is 6.04 Å². The molecule has 0 saturated heterocycles. The Hall–Kier alpha value is -4.64. The maximum atomic E-state index is 13.3. The van der Waals surface area contributed by atoms with Crippen LogP contribution in [0.4, 0.5) is 0 Å². The van der Waals surface area contributed by atoms with Gasteiger partial charge in [-0.05, 0) is 97.2 Å². The monoisotopic (exact) mass is 583 g/mol. The number of nitrogens with one attached hydrogen (secondary N) is 2. The Balaban J connectivity index is 1.20. The summed E-state index contributed by atoms with van der Waals surface area (Å²) in [6, 6.07) is 31.0. The van der Waals surface area contributed by atoms with Gasteiger partial charge in [-0.2, -0.15) is 0 Å². The molecule has 1 aromatic heterocycles. The number of aromatic nitrogens is 1. The van der Waals surface area contributed by atoms with Crippen LogP contribution in [0.15, 0.2) is 91.0 Å². The first kappa shape index (κ1) is 29.4. The highest BCUT2D eigenvalue weighted by Gasteiger charge is 2.25. The van der Waals surface area contributed by atoms with Gasteiger partial charge in [0.1, 0.15) is 0 Å². The second kappa shape index (κ2) is 12.2. The molecule has 0 aliphatic heterocycles. The third kappa shape index (κ3) is 6.05. The number of hydrogen-bond donors (Lipinski definition) is 2. The van der Waals surface area contributed by atoms with Gasteiger partial charge in [-0.15, -0.1) is 0 Å². The van der Waals surface area contributed by atoms with E-state index in [0.29, 0.717) is 23.1 Å². The third-order valence-corrected chi connectivity index (χ3v) is 9.02. The van der Waals surface area contributed by atoms with Gasteiger partial charge in [-0.25, -0.2) is 0 Å². The summed E-state index contributed by atoms with van der Waals surface area (Å²) in [6.07, 6.45) is 2.13. The number of hydrogen-bond acceptors (Lipinski definition) is 2. The summed E-state index contributed by atoms with van der Waals surface area (Å²) < 4.78 is 2.32. The van der Waals surface area contributed by atoms with Gasteiger partial charge in [0.25, 0.3) is 11.8 Å². The average molecular weight is 584 g/mol. The number of rotatable bonds is 9. The molecule has 5 aromatic rings. The molecule has 224 valence electrons. The molecule has 1 aliphatic carbocycles. The summed E-state index contributed by atoms with van der Waals surface area (Å²) in [6.45, 7) is 11.4. The molecule has 1 fully saturated rings. The first-order chi connectivity index (χ1) is 21.2. The van der Waals surface area contributed by atoms with Gasteiger partial charge in [-0.3, -0.25) is 9.59 Å².